The van der Waals surface area contributed by atoms with Gasteiger partial charge in [0.05, 0.1) is 0 Å². The van der Waals surface area contributed by atoms with Crippen LogP contribution >= 0.6 is 0 Å². The number of nitrogens with one attached hydrogen (secondary N) is 1. The van der Waals surface area contributed by atoms with E-state index >= 15 is 0 Å². The van der Waals surface area contributed by atoms with E-state index in [1.165, 1.54) is 0 Å². The first kappa shape index (κ1) is 14.0. The number of carbonyl (C=O) groups excluding carboxylic acids is 1. The second-order valence-electron chi connectivity index (χ2n) is 5.21. The van der Waals surface area contributed by atoms with Gasteiger partial charge in [-0.25, -0.2) is 0 Å². The van der Waals surface area contributed by atoms with Gasteiger partial charge in [-0.2, -0.15) is 0 Å². The van der Waals surface area contributed by atoms with Gasteiger partial charge in [-0.05, 0) is 24.6 Å². The third kappa shape index (κ3) is 3.11. The molecule has 0 radical (unpaired) electrons. The molecule has 5 heteroatoms. The molecule has 0 saturated carbocycles. The van der Waals surface area contributed by atoms with Crippen LogP contribution in [0.25, 0.3) is 0 Å². The predicted octanol–water partition coefficient (Wildman–Crippen LogP) is 0.505. The van der Waals surface area contributed by atoms with Crippen molar-refractivity contribution in [2.45, 2.75) is 19.0 Å². The molecular formula is C14H22N4O. The minimum atomic E-state index is -0.213. The maximum atomic E-state index is 12.5. The smallest absolute Gasteiger partial charge is 0.244 e. The van der Waals surface area contributed by atoms with Gasteiger partial charge in [-0.3, -0.25) is 14.7 Å². The lowest BCUT2D eigenvalue weighted by atomic mass is 10.0. The van der Waals surface area contributed by atoms with Crippen molar-refractivity contribution in [2.24, 2.45) is 0 Å². The average molecular weight is 262 g/mol. The molecule has 104 valence electrons. The van der Waals surface area contributed by atoms with E-state index in [0.29, 0.717) is 6.04 Å². The van der Waals surface area contributed by atoms with Crippen LogP contribution < -0.4 is 5.32 Å². The SMILES string of the molecule is CC1CNCCN1C(C(=O)N(C)C)c1ccncc1. The quantitative estimate of drug-likeness (QED) is 0.862. The van der Waals surface area contributed by atoms with Crippen molar-refractivity contribution in [2.75, 3.05) is 33.7 Å². The highest BCUT2D eigenvalue weighted by Crippen LogP contribution is 2.25. The summed E-state index contributed by atoms with van der Waals surface area (Å²) in [4.78, 5) is 20.5. The molecule has 1 aromatic rings. The Morgan fingerprint density at radius 3 is 2.74 bits per heavy atom. The van der Waals surface area contributed by atoms with Gasteiger partial charge < -0.3 is 10.2 Å². The Kier molecular flexibility index (Phi) is 4.50. The molecule has 1 amide bonds. The third-order valence-corrected chi connectivity index (χ3v) is 3.58. The number of likely N-dealkylation sites (N-methyl/N-ethyl adjacent to an activating group) is 1. The molecule has 1 aliphatic heterocycles. The maximum Gasteiger partial charge on any atom is 0.244 e. The van der Waals surface area contributed by atoms with Gasteiger partial charge in [0.2, 0.25) is 5.91 Å². The Balaban J connectivity index is 2.31. The van der Waals surface area contributed by atoms with Crippen molar-refractivity contribution < 1.29 is 4.79 Å². The Morgan fingerprint density at radius 2 is 2.16 bits per heavy atom. The van der Waals surface area contributed by atoms with Crippen molar-refractivity contribution in [3.05, 3.63) is 30.1 Å². The zero-order valence-corrected chi connectivity index (χ0v) is 11.8. The molecule has 1 N–H and O–H groups in total. The summed E-state index contributed by atoms with van der Waals surface area (Å²) in [6.45, 7) is 4.88. The van der Waals surface area contributed by atoms with Crippen LogP contribution in [0.1, 0.15) is 18.5 Å². The summed E-state index contributed by atoms with van der Waals surface area (Å²) >= 11 is 0. The highest BCUT2D eigenvalue weighted by atomic mass is 16.2. The van der Waals surface area contributed by atoms with Crippen molar-refractivity contribution >= 4 is 5.91 Å². The van der Waals surface area contributed by atoms with Crippen molar-refractivity contribution in [1.29, 1.82) is 0 Å². The summed E-state index contributed by atoms with van der Waals surface area (Å²) in [6, 6.07) is 3.99. The Labute approximate surface area is 114 Å². The van der Waals surface area contributed by atoms with E-state index in [-0.39, 0.29) is 11.9 Å². The van der Waals surface area contributed by atoms with Gasteiger partial charge in [0, 0.05) is 52.2 Å². The van der Waals surface area contributed by atoms with Gasteiger partial charge in [-0.1, -0.05) is 0 Å². The molecule has 1 fully saturated rings. The second-order valence-corrected chi connectivity index (χ2v) is 5.21. The predicted molar refractivity (Wildman–Crippen MR) is 74.7 cm³/mol. The largest absolute Gasteiger partial charge is 0.347 e. The van der Waals surface area contributed by atoms with E-state index in [1.807, 2.05) is 26.2 Å². The third-order valence-electron chi connectivity index (χ3n) is 3.58. The van der Waals surface area contributed by atoms with E-state index in [9.17, 15) is 4.79 Å². The molecule has 2 heterocycles. The summed E-state index contributed by atoms with van der Waals surface area (Å²) in [5.74, 6) is 0.125. The summed E-state index contributed by atoms with van der Waals surface area (Å²) in [5.41, 5.74) is 1.02. The van der Waals surface area contributed by atoms with Gasteiger partial charge in [0.1, 0.15) is 6.04 Å². The summed E-state index contributed by atoms with van der Waals surface area (Å²) < 4.78 is 0. The molecule has 0 spiro atoms. The van der Waals surface area contributed by atoms with E-state index < -0.39 is 0 Å². The normalized spacial score (nSPS) is 21.9. The van der Waals surface area contributed by atoms with E-state index in [0.717, 1.165) is 25.2 Å². The standard InChI is InChI=1S/C14H22N4O/c1-11-10-16-8-9-18(11)13(14(19)17(2)3)12-4-6-15-7-5-12/h4-7,11,13,16H,8-10H2,1-3H3. The molecule has 1 aliphatic rings. The minimum absolute atomic E-state index is 0.125. The van der Waals surface area contributed by atoms with Gasteiger partial charge >= 0.3 is 0 Å². The number of aromatic nitrogens is 1. The fraction of sp³-hybridized carbons (Fsp3) is 0.571. The first-order chi connectivity index (χ1) is 9.11. The molecule has 0 aliphatic carbocycles. The number of piperazine rings is 1. The minimum Gasteiger partial charge on any atom is -0.347 e. The topological polar surface area (TPSA) is 48.5 Å². The molecule has 2 atom stereocenters. The lowest BCUT2D eigenvalue weighted by Crippen LogP contribution is -2.54. The Hall–Kier alpha value is -1.46. The number of hydrogen-bond donors (Lipinski definition) is 1. The Morgan fingerprint density at radius 1 is 1.47 bits per heavy atom. The van der Waals surface area contributed by atoms with Gasteiger partial charge in [0.15, 0.2) is 0 Å². The summed E-state index contributed by atoms with van der Waals surface area (Å²) in [5, 5.41) is 3.36. The van der Waals surface area contributed by atoms with Crippen LogP contribution in [0, 0.1) is 0 Å². The van der Waals surface area contributed by atoms with Crippen LogP contribution in [0.5, 0.6) is 0 Å². The van der Waals surface area contributed by atoms with Crippen molar-refractivity contribution in [3.63, 3.8) is 0 Å². The number of nitrogens with zero attached hydrogens (tertiary/aromatic N) is 3. The molecule has 19 heavy (non-hydrogen) atoms. The number of amides is 1. The van der Waals surface area contributed by atoms with Crippen LogP contribution in [0.3, 0.4) is 0 Å². The number of rotatable bonds is 3. The summed E-state index contributed by atoms with van der Waals surface area (Å²) in [7, 11) is 3.62. The monoisotopic (exact) mass is 262 g/mol. The van der Waals surface area contributed by atoms with E-state index in [1.54, 1.807) is 17.3 Å². The van der Waals surface area contributed by atoms with E-state index in [4.69, 9.17) is 0 Å². The second kappa shape index (κ2) is 6.12. The van der Waals surface area contributed by atoms with Gasteiger partial charge in [-0.15, -0.1) is 0 Å². The van der Waals surface area contributed by atoms with E-state index in [2.05, 4.69) is 22.1 Å². The molecule has 1 aromatic heterocycles. The van der Waals surface area contributed by atoms with Crippen LogP contribution in [0.4, 0.5) is 0 Å². The van der Waals surface area contributed by atoms with Crippen LogP contribution in [-0.4, -0.2) is 60.5 Å². The van der Waals surface area contributed by atoms with Crippen LogP contribution in [0.2, 0.25) is 0 Å². The lowest BCUT2D eigenvalue weighted by molar-refractivity contribution is -0.136. The fourth-order valence-electron chi connectivity index (χ4n) is 2.51. The number of pyridine rings is 1. The lowest BCUT2D eigenvalue weighted by Gasteiger charge is -2.40. The zero-order chi connectivity index (χ0) is 13.8. The highest BCUT2D eigenvalue weighted by Gasteiger charge is 2.33. The van der Waals surface area contributed by atoms with Gasteiger partial charge in [0.25, 0.3) is 0 Å². The molecule has 1 saturated heterocycles. The maximum absolute atomic E-state index is 12.5. The molecule has 2 unspecified atom stereocenters. The fourth-order valence-corrected chi connectivity index (χ4v) is 2.51. The number of carbonyl (C=O) groups is 1. The zero-order valence-electron chi connectivity index (χ0n) is 11.8. The molecule has 0 bridgehead atoms. The van der Waals surface area contributed by atoms with Crippen LogP contribution in [0.15, 0.2) is 24.5 Å². The first-order valence-corrected chi connectivity index (χ1v) is 6.69. The van der Waals surface area contributed by atoms with Crippen molar-refractivity contribution in [1.82, 2.24) is 20.1 Å². The molecule has 0 aromatic carbocycles. The average Bonchev–Trinajstić information content (AvgIpc) is 2.42. The van der Waals surface area contributed by atoms with Crippen LogP contribution in [-0.2, 0) is 4.79 Å². The molecular weight excluding hydrogens is 240 g/mol. The first-order valence-electron chi connectivity index (χ1n) is 6.69. The summed E-state index contributed by atoms with van der Waals surface area (Å²) in [6.07, 6.45) is 3.50. The van der Waals surface area contributed by atoms with Crippen molar-refractivity contribution in [3.8, 4) is 0 Å². The Bertz CT molecular complexity index is 421. The molecule has 2 rings (SSSR count). The highest BCUT2D eigenvalue weighted by molar-refractivity contribution is 5.82. The molecule has 5 nitrogen and oxygen atoms in total. The number of hydrogen-bond acceptors (Lipinski definition) is 4.